The van der Waals surface area contributed by atoms with Crippen molar-refractivity contribution < 1.29 is 14.3 Å². The van der Waals surface area contributed by atoms with Crippen LogP contribution in [0.1, 0.15) is 40.2 Å². The molecule has 1 aliphatic rings. The monoisotopic (exact) mass is 507 g/mol. The summed E-state index contributed by atoms with van der Waals surface area (Å²) < 4.78 is 14.0. The number of H-pyrrole nitrogens is 1. The zero-order valence-electron chi connectivity index (χ0n) is 19.5. The van der Waals surface area contributed by atoms with Crippen LogP contribution in [0.15, 0.2) is 33.1 Å². The van der Waals surface area contributed by atoms with Gasteiger partial charge in [-0.25, -0.2) is 14.3 Å². The number of fused-ring (bicyclic) bond motifs is 2. The summed E-state index contributed by atoms with van der Waals surface area (Å²) in [6.45, 7) is 2.76. The molecule has 0 radical (unpaired) electrons. The SMILES string of the molecule is COC(=O)c1cc(C)nc2c1c(=O)nc(SCc1cc(=O)[nH]c3c(C#N)cnn13)n2CC1CCCO1. The average Bonchev–Trinajstić information content (AvgIpc) is 3.53. The third-order valence-electron chi connectivity index (χ3n) is 5.89. The number of carbonyl (C=O) groups is 1. The number of thioether (sulfide) groups is 1. The van der Waals surface area contributed by atoms with Crippen LogP contribution in [0, 0.1) is 18.3 Å². The molecule has 1 N–H and O–H groups in total. The second-order valence-electron chi connectivity index (χ2n) is 8.29. The first kappa shape index (κ1) is 23.7. The molecule has 1 atom stereocenters. The Morgan fingerprint density at radius 1 is 1.36 bits per heavy atom. The van der Waals surface area contributed by atoms with Crippen molar-refractivity contribution in [3.63, 3.8) is 0 Å². The number of methoxy groups -OCH3 is 1. The molecule has 0 bridgehead atoms. The Balaban J connectivity index is 1.64. The van der Waals surface area contributed by atoms with Crippen LogP contribution < -0.4 is 11.1 Å². The summed E-state index contributed by atoms with van der Waals surface area (Å²) in [7, 11) is 1.25. The van der Waals surface area contributed by atoms with Crippen molar-refractivity contribution in [2.45, 2.75) is 43.3 Å². The molecule has 5 heterocycles. The van der Waals surface area contributed by atoms with Gasteiger partial charge >= 0.3 is 5.97 Å². The maximum Gasteiger partial charge on any atom is 0.338 e. The van der Waals surface area contributed by atoms with E-state index in [4.69, 9.17) is 9.47 Å². The fourth-order valence-corrected chi connectivity index (χ4v) is 5.22. The Hall–Kier alpha value is -4.02. The average molecular weight is 508 g/mol. The van der Waals surface area contributed by atoms with E-state index in [1.165, 1.54) is 41.7 Å². The number of ether oxygens (including phenoxy) is 2. The molecule has 1 unspecified atom stereocenters. The van der Waals surface area contributed by atoms with E-state index in [0.29, 0.717) is 41.0 Å². The number of nitrogens with zero attached hydrogens (tertiary/aromatic N) is 6. The van der Waals surface area contributed by atoms with Crippen LogP contribution in [0.25, 0.3) is 16.7 Å². The predicted octanol–water partition coefficient (Wildman–Crippen LogP) is 1.57. The van der Waals surface area contributed by atoms with Gasteiger partial charge in [-0.3, -0.25) is 9.59 Å². The van der Waals surface area contributed by atoms with Crippen molar-refractivity contribution in [1.29, 1.82) is 5.26 Å². The van der Waals surface area contributed by atoms with Crippen LogP contribution in [-0.4, -0.2) is 54.9 Å². The van der Waals surface area contributed by atoms with Gasteiger partial charge in [0.05, 0.1) is 42.6 Å². The number of nitriles is 1. The fourth-order valence-electron chi connectivity index (χ4n) is 4.27. The van der Waals surface area contributed by atoms with Crippen molar-refractivity contribution in [2.75, 3.05) is 13.7 Å². The summed E-state index contributed by atoms with van der Waals surface area (Å²) in [6, 6.07) is 4.90. The van der Waals surface area contributed by atoms with E-state index in [0.717, 1.165) is 12.8 Å². The molecule has 0 spiro atoms. The first-order valence-electron chi connectivity index (χ1n) is 11.1. The first-order chi connectivity index (χ1) is 17.4. The maximum absolute atomic E-state index is 13.1. The van der Waals surface area contributed by atoms with Crippen LogP contribution in [0.5, 0.6) is 0 Å². The number of hydrogen-bond acceptors (Lipinski definition) is 10. The molecule has 4 aromatic heterocycles. The van der Waals surface area contributed by atoms with Gasteiger partial charge in [0.15, 0.2) is 10.8 Å². The summed E-state index contributed by atoms with van der Waals surface area (Å²) in [5, 5.41) is 13.9. The molecule has 12 nitrogen and oxygen atoms in total. The van der Waals surface area contributed by atoms with Gasteiger partial charge in [0, 0.05) is 24.1 Å². The highest BCUT2D eigenvalue weighted by Crippen LogP contribution is 2.27. The van der Waals surface area contributed by atoms with Crippen molar-refractivity contribution in [3.8, 4) is 6.07 Å². The highest BCUT2D eigenvalue weighted by atomic mass is 32.2. The highest BCUT2D eigenvalue weighted by Gasteiger charge is 2.24. The molecule has 1 saturated heterocycles. The number of pyridine rings is 1. The molecule has 1 fully saturated rings. The molecule has 36 heavy (non-hydrogen) atoms. The molecule has 0 aliphatic carbocycles. The van der Waals surface area contributed by atoms with Gasteiger partial charge in [-0.15, -0.1) is 0 Å². The van der Waals surface area contributed by atoms with Gasteiger partial charge in [0.25, 0.3) is 11.1 Å². The smallest absolute Gasteiger partial charge is 0.338 e. The lowest BCUT2D eigenvalue weighted by Crippen LogP contribution is -2.24. The van der Waals surface area contributed by atoms with E-state index in [1.807, 2.05) is 6.07 Å². The van der Waals surface area contributed by atoms with E-state index in [1.54, 1.807) is 11.5 Å². The van der Waals surface area contributed by atoms with Gasteiger partial charge in [-0.1, -0.05) is 11.8 Å². The zero-order valence-corrected chi connectivity index (χ0v) is 20.3. The number of rotatable bonds is 6. The largest absolute Gasteiger partial charge is 0.465 e. The lowest BCUT2D eigenvalue weighted by molar-refractivity contribution is 0.0602. The zero-order chi connectivity index (χ0) is 25.4. The number of aromatic amines is 1. The molecule has 184 valence electrons. The number of esters is 1. The Bertz CT molecular complexity index is 1660. The molecular formula is C23H21N7O5S. The third-order valence-corrected chi connectivity index (χ3v) is 6.90. The van der Waals surface area contributed by atoms with Gasteiger partial charge in [0.2, 0.25) is 0 Å². The van der Waals surface area contributed by atoms with E-state index in [9.17, 15) is 19.6 Å². The standard InChI is InChI=1S/C23H21N7O5S/c1-12-6-16(22(33)34-2)18-20(26-12)29(10-15-4-3-5-35-15)23(28-21(18)32)36-11-14-7-17(31)27-19-13(8-24)9-25-30(14)19/h6-7,9,15H,3-5,10-11H2,1-2H3,(H,27,31). The van der Waals surface area contributed by atoms with Crippen LogP contribution in [0.3, 0.4) is 0 Å². The summed E-state index contributed by atoms with van der Waals surface area (Å²) in [4.78, 5) is 49.3. The molecule has 1 aliphatic heterocycles. The van der Waals surface area contributed by atoms with Crippen molar-refractivity contribution in [2.24, 2.45) is 0 Å². The topological polar surface area (TPSA) is 157 Å². The highest BCUT2D eigenvalue weighted by molar-refractivity contribution is 7.98. The molecule has 5 rings (SSSR count). The van der Waals surface area contributed by atoms with Gasteiger partial charge in [-0.05, 0) is 25.8 Å². The molecule has 0 saturated carbocycles. The maximum atomic E-state index is 13.1. The fraction of sp³-hybridized carbons (Fsp3) is 0.348. The predicted molar refractivity (Wildman–Crippen MR) is 129 cm³/mol. The summed E-state index contributed by atoms with van der Waals surface area (Å²) >= 11 is 1.22. The van der Waals surface area contributed by atoms with Crippen LogP contribution in [0.4, 0.5) is 0 Å². The second-order valence-corrected chi connectivity index (χ2v) is 9.23. The van der Waals surface area contributed by atoms with Crippen molar-refractivity contribution in [3.05, 3.63) is 61.6 Å². The molecule has 0 amide bonds. The molecular weight excluding hydrogens is 486 g/mol. The lowest BCUT2D eigenvalue weighted by Gasteiger charge is -2.19. The van der Waals surface area contributed by atoms with E-state index < -0.39 is 11.5 Å². The number of aryl methyl sites for hydroxylation is 1. The minimum absolute atomic E-state index is 0.0825. The molecule has 4 aromatic rings. The first-order valence-corrected chi connectivity index (χ1v) is 12.1. The van der Waals surface area contributed by atoms with E-state index in [2.05, 4.69) is 20.1 Å². The molecule has 13 heteroatoms. The normalized spacial score (nSPS) is 15.4. The third kappa shape index (κ3) is 4.25. The Morgan fingerprint density at radius 3 is 2.92 bits per heavy atom. The van der Waals surface area contributed by atoms with E-state index in [-0.39, 0.29) is 33.9 Å². The molecule has 0 aromatic carbocycles. The quantitative estimate of drug-likeness (QED) is 0.231. The lowest BCUT2D eigenvalue weighted by atomic mass is 10.1. The summed E-state index contributed by atoms with van der Waals surface area (Å²) in [6.07, 6.45) is 3.04. The van der Waals surface area contributed by atoms with Crippen molar-refractivity contribution in [1.82, 2.24) is 29.1 Å². The Kier molecular flexibility index (Phi) is 6.29. The number of nitrogens with one attached hydrogen (secondary N) is 1. The number of carbonyl (C=O) groups excluding carboxylic acids is 1. The van der Waals surface area contributed by atoms with Crippen LogP contribution in [0.2, 0.25) is 0 Å². The van der Waals surface area contributed by atoms with Crippen LogP contribution >= 0.6 is 11.8 Å². The van der Waals surface area contributed by atoms with Crippen molar-refractivity contribution >= 4 is 34.4 Å². The van der Waals surface area contributed by atoms with E-state index >= 15 is 0 Å². The minimum Gasteiger partial charge on any atom is -0.465 e. The minimum atomic E-state index is -0.647. The second kappa shape index (κ2) is 9.56. The van der Waals surface area contributed by atoms with Gasteiger partial charge in [-0.2, -0.15) is 15.3 Å². The summed E-state index contributed by atoms with van der Waals surface area (Å²) in [5.41, 5.74) is 1.04. The van der Waals surface area contributed by atoms with Gasteiger partial charge < -0.3 is 19.0 Å². The van der Waals surface area contributed by atoms with Crippen LogP contribution in [-0.2, 0) is 21.8 Å². The van der Waals surface area contributed by atoms with Gasteiger partial charge in [0.1, 0.15) is 17.3 Å². The Morgan fingerprint density at radius 2 is 2.19 bits per heavy atom. The number of aromatic nitrogens is 6. The number of hydrogen-bond donors (Lipinski definition) is 1. The summed E-state index contributed by atoms with van der Waals surface area (Å²) in [5.74, 6) is -0.419. The Labute approximate surface area is 207 Å².